The van der Waals surface area contributed by atoms with E-state index in [-0.39, 0.29) is 18.5 Å². The van der Waals surface area contributed by atoms with E-state index in [1.54, 1.807) is 13.2 Å². The number of aryl methyl sites for hydroxylation is 2. The van der Waals surface area contributed by atoms with Gasteiger partial charge in [-0.2, -0.15) is 12.7 Å². The van der Waals surface area contributed by atoms with Gasteiger partial charge in [-0.05, 0) is 68.0 Å². The van der Waals surface area contributed by atoms with E-state index in [2.05, 4.69) is 5.32 Å². The number of nitrogens with zero attached hydrogens (tertiary/aromatic N) is 3. The standard InChI is InChI=1S/C30H44N4O5S/c1-7-27(30(36)31-25-13-9-8-10-14-25)33(20-24-12-11-15-26(19-24)39-6)29(35)21-34(40(37,38)32(4)5)28-18-22(2)16-17-23(28)3/h11-12,15-19,25,27H,7-10,13-14,20-21H2,1-6H3,(H,31,36)/t27-/m1/s1. The largest absolute Gasteiger partial charge is 0.497 e. The van der Waals surface area contributed by atoms with E-state index in [9.17, 15) is 18.0 Å². The first-order chi connectivity index (χ1) is 19.0. The third kappa shape index (κ3) is 7.75. The van der Waals surface area contributed by atoms with E-state index in [1.807, 2.05) is 57.2 Å². The van der Waals surface area contributed by atoms with Gasteiger partial charge in [-0.25, -0.2) is 4.31 Å². The molecule has 10 heteroatoms. The van der Waals surface area contributed by atoms with Crippen molar-refractivity contribution in [3.05, 3.63) is 59.2 Å². The minimum absolute atomic E-state index is 0.0876. The fourth-order valence-corrected chi connectivity index (χ4v) is 6.23. The van der Waals surface area contributed by atoms with Gasteiger partial charge in [-0.1, -0.05) is 50.5 Å². The minimum atomic E-state index is -4.02. The summed E-state index contributed by atoms with van der Waals surface area (Å²) in [4.78, 5) is 29.2. The smallest absolute Gasteiger partial charge is 0.304 e. The van der Waals surface area contributed by atoms with Gasteiger partial charge in [0.2, 0.25) is 11.8 Å². The second-order valence-corrected chi connectivity index (χ2v) is 12.8. The summed E-state index contributed by atoms with van der Waals surface area (Å²) in [7, 11) is 0.438. The lowest BCUT2D eigenvalue weighted by Gasteiger charge is -2.35. The van der Waals surface area contributed by atoms with Crippen LogP contribution in [0.15, 0.2) is 42.5 Å². The van der Waals surface area contributed by atoms with Gasteiger partial charge in [0.15, 0.2) is 0 Å². The van der Waals surface area contributed by atoms with Crippen molar-refractivity contribution < 1.29 is 22.7 Å². The second kappa shape index (κ2) is 14.0. The molecule has 2 amide bonds. The summed E-state index contributed by atoms with van der Waals surface area (Å²) in [5, 5.41) is 3.17. The Morgan fingerprint density at radius 1 is 1.05 bits per heavy atom. The van der Waals surface area contributed by atoms with E-state index in [0.29, 0.717) is 17.9 Å². The number of hydrogen-bond acceptors (Lipinski definition) is 5. The highest BCUT2D eigenvalue weighted by Crippen LogP contribution is 2.27. The number of ether oxygens (including phenoxy) is 1. The molecular formula is C30H44N4O5S. The Morgan fingerprint density at radius 3 is 2.38 bits per heavy atom. The molecule has 0 aromatic heterocycles. The topological polar surface area (TPSA) is 99.3 Å². The van der Waals surface area contributed by atoms with Crippen LogP contribution in [0.5, 0.6) is 5.75 Å². The van der Waals surface area contributed by atoms with Crippen LogP contribution in [-0.4, -0.2) is 69.3 Å². The predicted octanol–water partition coefficient (Wildman–Crippen LogP) is 4.18. The Labute approximate surface area is 239 Å². The van der Waals surface area contributed by atoms with Crippen molar-refractivity contribution in [1.29, 1.82) is 0 Å². The lowest BCUT2D eigenvalue weighted by atomic mass is 9.95. The molecule has 2 aromatic rings. The molecule has 0 saturated heterocycles. The Kier molecular flexibility index (Phi) is 11.0. The molecule has 3 rings (SSSR count). The molecule has 1 aliphatic carbocycles. The van der Waals surface area contributed by atoms with Gasteiger partial charge in [0.1, 0.15) is 18.3 Å². The fraction of sp³-hybridized carbons (Fsp3) is 0.533. The molecule has 40 heavy (non-hydrogen) atoms. The monoisotopic (exact) mass is 572 g/mol. The highest BCUT2D eigenvalue weighted by molar-refractivity contribution is 7.90. The summed E-state index contributed by atoms with van der Waals surface area (Å²) in [5.74, 6) is -0.0315. The molecule has 0 aliphatic heterocycles. The van der Waals surface area contributed by atoms with Crippen molar-refractivity contribution in [2.24, 2.45) is 0 Å². The number of rotatable bonds is 12. The second-order valence-electron chi connectivity index (χ2n) is 10.7. The van der Waals surface area contributed by atoms with E-state index >= 15 is 0 Å². The summed E-state index contributed by atoms with van der Waals surface area (Å²) >= 11 is 0. The number of amides is 2. The van der Waals surface area contributed by atoms with Gasteiger partial charge < -0.3 is 15.0 Å². The summed E-state index contributed by atoms with van der Waals surface area (Å²) in [6.07, 6.45) is 5.54. The van der Waals surface area contributed by atoms with E-state index in [1.165, 1.54) is 25.4 Å². The molecule has 220 valence electrons. The quantitative estimate of drug-likeness (QED) is 0.411. The van der Waals surface area contributed by atoms with Crippen molar-refractivity contribution >= 4 is 27.7 Å². The number of anilines is 1. The van der Waals surface area contributed by atoms with Crippen LogP contribution in [0.1, 0.15) is 62.1 Å². The van der Waals surface area contributed by atoms with Crippen LogP contribution in [0.25, 0.3) is 0 Å². The van der Waals surface area contributed by atoms with Gasteiger partial charge in [0.25, 0.3) is 0 Å². The molecule has 1 saturated carbocycles. The molecule has 0 bridgehead atoms. The van der Waals surface area contributed by atoms with Gasteiger partial charge >= 0.3 is 10.2 Å². The zero-order valence-corrected chi connectivity index (χ0v) is 25.5. The first-order valence-electron chi connectivity index (χ1n) is 14.0. The molecule has 9 nitrogen and oxygen atoms in total. The SMILES string of the molecule is CC[C@H](C(=O)NC1CCCCC1)N(Cc1cccc(OC)c1)C(=O)CN(c1cc(C)ccc1C)S(=O)(=O)N(C)C. The lowest BCUT2D eigenvalue weighted by Crippen LogP contribution is -2.54. The van der Waals surface area contributed by atoms with Crippen LogP contribution in [0.2, 0.25) is 0 Å². The molecule has 1 aliphatic rings. The van der Waals surface area contributed by atoms with Crippen molar-refractivity contribution in [3.63, 3.8) is 0 Å². The molecule has 2 aromatic carbocycles. The molecule has 0 unspecified atom stereocenters. The third-order valence-corrected chi connectivity index (χ3v) is 9.28. The average Bonchev–Trinajstić information content (AvgIpc) is 2.93. The highest BCUT2D eigenvalue weighted by Gasteiger charge is 2.35. The zero-order valence-electron chi connectivity index (χ0n) is 24.6. The van der Waals surface area contributed by atoms with Gasteiger partial charge in [0.05, 0.1) is 12.8 Å². The maximum absolute atomic E-state index is 14.1. The van der Waals surface area contributed by atoms with Crippen molar-refractivity contribution in [1.82, 2.24) is 14.5 Å². The lowest BCUT2D eigenvalue weighted by molar-refractivity contribution is -0.140. The average molecular weight is 573 g/mol. The number of hydrogen-bond donors (Lipinski definition) is 1. The molecule has 0 radical (unpaired) electrons. The van der Waals surface area contributed by atoms with Crippen LogP contribution in [0, 0.1) is 13.8 Å². The van der Waals surface area contributed by atoms with Crippen molar-refractivity contribution in [2.45, 2.75) is 77.9 Å². The van der Waals surface area contributed by atoms with Gasteiger partial charge in [0, 0.05) is 26.7 Å². The van der Waals surface area contributed by atoms with Crippen molar-refractivity contribution in [3.8, 4) is 5.75 Å². The number of carbonyl (C=O) groups is 2. The molecule has 1 N–H and O–H groups in total. The maximum atomic E-state index is 14.1. The molecule has 1 atom stereocenters. The summed E-state index contributed by atoms with van der Waals surface area (Å²) in [5.41, 5.74) is 2.82. The number of carbonyl (C=O) groups excluding carboxylic acids is 2. The molecule has 0 heterocycles. The molecule has 1 fully saturated rings. The summed E-state index contributed by atoms with van der Waals surface area (Å²) in [6.45, 7) is 5.26. The Hall–Kier alpha value is -3.11. The zero-order chi connectivity index (χ0) is 29.4. The van der Waals surface area contributed by atoms with Crippen LogP contribution in [-0.2, 0) is 26.3 Å². The van der Waals surface area contributed by atoms with Gasteiger partial charge in [-0.3, -0.25) is 9.59 Å². The highest BCUT2D eigenvalue weighted by atomic mass is 32.2. The Morgan fingerprint density at radius 2 is 1.75 bits per heavy atom. The first kappa shape index (κ1) is 31.4. The van der Waals surface area contributed by atoms with Crippen LogP contribution < -0.4 is 14.4 Å². The third-order valence-electron chi connectivity index (χ3n) is 7.48. The molecular weight excluding hydrogens is 528 g/mol. The Bertz CT molecular complexity index is 1270. The van der Waals surface area contributed by atoms with Gasteiger partial charge in [-0.15, -0.1) is 0 Å². The predicted molar refractivity (Wildman–Crippen MR) is 159 cm³/mol. The maximum Gasteiger partial charge on any atom is 0.304 e. The summed E-state index contributed by atoms with van der Waals surface area (Å²) in [6, 6.07) is 12.2. The van der Waals surface area contributed by atoms with E-state index in [4.69, 9.17) is 4.74 Å². The molecule has 0 spiro atoms. The van der Waals surface area contributed by atoms with Crippen LogP contribution >= 0.6 is 0 Å². The van der Waals surface area contributed by atoms with E-state index in [0.717, 1.165) is 51.0 Å². The number of nitrogens with one attached hydrogen (secondary N) is 1. The minimum Gasteiger partial charge on any atom is -0.497 e. The Balaban J connectivity index is 2.01. The van der Waals surface area contributed by atoms with E-state index < -0.39 is 28.7 Å². The van der Waals surface area contributed by atoms with Crippen LogP contribution in [0.4, 0.5) is 5.69 Å². The summed E-state index contributed by atoms with van der Waals surface area (Å²) < 4.78 is 34.6. The number of methoxy groups -OCH3 is 1. The number of benzene rings is 2. The van der Waals surface area contributed by atoms with Crippen molar-refractivity contribution in [2.75, 3.05) is 32.1 Å². The first-order valence-corrected chi connectivity index (χ1v) is 15.4. The fourth-order valence-electron chi connectivity index (χ4n) is 5.12. The normalized spacial score (nSPS) is 15.0. The van der Waals surface area contributed by atoms with Crippen LogP contribution in [0.3, 0.4) is 0 Å².